The van der Waals surface area contributed by atoms with Gasteiger partial charge in [-0.3, -0.25) is 0 Å². The van der Waals surface area contributed by atoms with Crippen LogP contribution in [0.4, 0.5) is 10.5 Å². The predicted molar refractivity (Wildman–Crippen MR) is 87.2 cm³/mol. The van der Waals surface area contributed by atoms with E-state index in [1.54, 1.807) is 42.5 Å². The number of carbonyl (C=O) groups is 1. The van der Waals surface area contributed by atoms with Gasteiger partial charge in [-0.1, -0.05) is 41.9 Å². The summed E-state index contributed by atoms with van der Waals surface area (Å²) in [6.07, 6.45) is -3.48. The molecule has 0 bridgehead atoms. The number of hydrogen-bond donors (Lipinski definition) is 4. The molecule has 1 aliphatic rings. The van der Waals surface area contributed by atoms with Crippen LogP contribution in [0.5, 0.6) is 0 Å². The fraction of sp³-hybridized carbons (Fsp3) is 0.125. The molecule has 0 radical (unpaired) electrons. The predicted octanol–water partition coefficient (Wildman–Crippen LogP) is 2.26. The minimum absolute atomic E-state index is 0.317. The van der Waals surface area contributed by atoms with Crippen LogP contribution in [0.1, 0.15) is 11.1 Å². The maximum Gasteiger partial charge on any atom is 0.508 e. The Morgan fingerprint density at radius 2 is 1.92 bits per heavy atom. The summed E-state index contributed by atoms with van der Waals surface area (Å²) in [5.74, 6) is -2.72. The van der Waals surface area contributed by atoms with Crippen LogP contribution in [0, 0.1) is 0 Å². The van der Waals surface area contributed by atoms with Crippen LogP contribution in [0.25, 0.3) is 0 Å². The van der Waals surface area contributed by atoms with Gasteiger partial charge in [-0.2, -0.15) is 0 Å². The smallest absolute Gasteiger partial charge is 0.450 e. The van der Waals surface area contributed by atoms with E-state index in [2.05, 4.69) is 15.0 Å². The minimum Gasteiger partial charge on any atom is -0.450 e. The highest BCUT2D eigenvalue weighted by atomic mass is 35.5. The molecule has 3 rings (SSSR count). The zero-order chi connectivity index (χ0) is 17.3. The molecule has 0 amide bonds. The first-order valence-corrected chi connectivity index (χ1v) is 7.30. The molecule has 4 N–H and O–H groups in total. The monoisotopic (exact) mass is 348 g/mol. The lowest BCUT2D eigenvalue weighted by Gasteiger charge is -2.27. The lowest BCUT2D eigenvalue weighted by Crippen LogP contribution is -2.49. The van der Waals surface area contributed by atoms with E-state index >= 15 is 0 Å². The minimum atomic E-state index is -2.72. The summed E-state index contributed by atoms with van der Waals surface area (Å²) < 4.78 is 4.53. The third-order valence-corrected chi connectivity index (χ3v) is 3.64. The van der Waals surface area contributed by atoms with Crippen molar-refractivity contribution in [2.45, 2.75) is 12.1 Å². The van der Waals surface area contributed by atoms with Crippen molar-refractivity contribution in [2.24, 2.45) is 4.99 Å². The molecule has 2 aromatic carbocycles. The fourth-order valence-corrected chi connectivity index (χ4v) is 2.56. The van der Waals surface area contributed by atoms with E-state index in [4.69, 9.17) is 16.7 Å². The van der Waals surface area contributed by atoms with Gasteiger partial charge < -0.3 is 25.4 Å². The number of aliphatic hydroxyl groups is 2. The number of rotatable bonds is 2. The molecule has 0 saturated carbocycles. The van der Waals surface area contributed by atoms with E-state index in [0.717, 1.165) is 0 Å². The maximum absolute atomic E-state index is 10.9. The Morgan fingerprint density at radius 1 is 1.21 bits per heavy atom. The van der Waals surface area contributed by atoms with Gasteiger partial charge in [0.15, 0.2) is 0 Å². The molecule has 0 aromatic heterocycles. The van der Waals surface area contributed by atoms with Gasteiger partial charge in [-0.15, -0.1) is 0 Å². The number of benzene rings is 2. The van der Waals surface area contributed by atoms with Gasteiger partial charge in [0, 0.05) is 21.8 Å². The number of benzodiazepines with no additional fused rings is 1. The molecule has 1 unspecified atom stereocenters. The Kier molecular flexibility index (Phi) is 4.15. The topological polar surface area (TPSA) is 111 Å². The Hall–Kier alpha value is -2.61. The summed E-state index contributed by atoms with van der Waals surface area (Å²) in [7, 11) is 0. The Bertz CT molecular complexity index is 807. The van der Waals surface area contributed by atoms with Gasteiger partial charge in [0.2, 0.25) is 0 Å². The van der Waals surface area contributed by atoms with E-state index in [-0.39, 0.29) is 0 Å². The summed E-state index contributed by atoms with van der Waals surface area (Å²) in [4.78, 5) is 15.0. The van der Waals surface area contributed by atoms with Crippen molar-refractivity contribution >= 4 is 29.2 Å². The van der Waals surface area contributed by atoms with E-state index in [1.165, 1.54) is 0 Å². The van der Waals surface area contributed by atoms with Crippen molar-refractivity contribution in [3.05, 3.63) is 64.7 Å². The molecule has 1 atom stereocenters. The van der Waals surface area contributed by atoms with E-state index in [9.17, 15) is 15.0 Å². The number of halogens is 1. The molecule has 0 spiro atoms. The summed E-state index contributed by atoms with van der Waals surface area (Å²) in [6.45, 7) is 0. The summed E-state index contributed by atoms with van der Waals surface area (Å²) in [6, 6.07) is 13.6. The van der Waals surface area contributed by atoms with Crippen LogP contribution in [-0.2, 0) is 4.74 Å². The van der Waals surface area contributed by atoms with E-state index in [0.29, 0.717) is 27.5 Å². The molecule has 1 aliphatic heterocycles. The quantitative estimate of drug-likeness (QED) is 0.489. The van der Waals surface area contributed by atoms with Crippen molar-refractivity contribution in [1.82, 2.24) is 0 Å². The normalized spacial score (nSPS) is 18.6. The summed E-state index contributed by atoms with van der Waals surface area (Å²) in [5, 5.41) is 32.0. The molecule has 0 saturated heterocycles. The Balaban J connectivity index is 2.22. The molecule has 8 heteroatoms. The lowest BCUT2D eigenvalue weighted by molar-refractivity contribution is -0.203. The number of hydrogen-bond acceptors (Lipinski definition) is 6. The van der Waals surface area contributed by atoms with E-state index < -0.39 is 18.3 Å². The number of fused-ring (bicyclic) bond motifs is 1. The Labute approximate surface area is 141 Å². The van der Waals surface area contributed by atoms with Crippen LogP contribution < -0.4 is 5.32 Å². The SMILES string of the molecule is O=C(O)OC1N=C(c2ccccc2)c2cc(Cl)ccc2NC1(O)O. The standard InChI is InChI=1S/C16H13ClN2O5/c17-10-6-7-12-11(8-10)13(9-4-2-1-3-5-9)18-14(24-15(20)21)16(22,23)19-12/h1-8,14,19,22-23H,(H,20,21). The van der Waals surface area contributed by atoms with Gasteiger partial charge in [-0.05, 0) is 18.2 Å². The molecule has 0 fully saturated rings. The number of anilines is 1. The molecule has 124 valence electrons. The summed E-state index contributed by atoms with van der Waals surface area (Å²) >= 11 is 6.04. The molecular formula is C16H13ClN2O5. The van der Waals surface area contributed by atoms with Crippen LogP contribution >= 0.6 is 11.6 Å². The fourth-order valence-electron chi connectivity index (χ4n) is 2.39. The van der Waals surface area contributed by atoms with Crippen molar-refractivity contribution < 1.29 is 24.9 Å². The largest absolute Gasteiger partial charge is 0.508 e. The van der Waals surface area contributed by atoms with Gasteiger partial charge in [-0.25, -0.2) is 9.79 Å². The summed E-state index contributed by atoms with van der Waals surface area (Å²) in [5.41, 5.74) is 1.76. The van der Waals surface area contributed by atoms with Crippen molar-refractivity contribution in [2.75, 3.05) is 5.32 Å². The number of nitrogens with zero attached hydrogens (tertiary/aromatic N) is 1. The molecule has 24 heavy (non-hydrogen) atoms. The first kappa shape index (κ1) is 16.3. The first-order chi connectivity index (χ1) is 11.4. The third kappa shape index (κ3) is 3.18. The number of ether oxygens (including phenoxy) is 1. The van der Waals surface area contributed by atoms with Gasteiger partial charge in [0.25, 0.3) is 6.23 Å². The molecule has 0 aliphatic carbocycles. The Morgan fingerprint density at radius 3 is 2.58 bits per heavy atom. The second-order valence-corrected chi connectivity index (χ2v) is 5.56. The van der Waals surface area contributed by atoms with Crippen LogP contribution in [0.3, 0.4) is 0 Å². The highest BCUT2D eigenvalue weighted by Gasteiger charge is 2.41. The van der Waals surface area contributed by atoms with Crippen molar-refractivity contribution in [3.63, 3.8) is 0 Å². The van der Waals surface area contributed by atoms with Gasteiger partial charge >= 0.3 is 12.1 Å². The molecule has 1 heterocycles. The second-order valence-electron chi connectivity index (χ2n) is 5.12. The van der Waals surface area contributed by atoms with Gasteiger partial charge in [0.05, 0.1) is 5.71 Å². The lowest BCUT2D eigenvalue weighted by atomic mass is 10.0. The van der Waals surface area contributed by atoms with Crippen LogP contribution in [-0.4, -0.2) is 39.3 Å². The molecule has 7 nitrogen and oxygen atoms in total. The average molecular weight is 349 g/mol. The van der Waals surface area contributed by atoms with E-state index in [1.807, 2.05) is 6.07 Å². The highest BCUT2D eigenvalue weighted by molar-refractivity contribution is 6.31. The zero-order valence-corrected chi connectivity index (χ0v) is 12.9. The van der Waals surface area contributed by atoms with Crippen molar-refractivity contribution in [1.29, 1.82) is 0 Å². The maximum atomic E-state index is 10.9. The number of carboxylic acid groups (broad SMARTS) is 1. The van der Waals surface area contributed by atoms with Crippen LogP contribution in [0.15, 0.2) is 53.5 Å². The highest BCUT2D eigenvalue weighted by Crippen LogP contribution is 2.31. The van der Waals surface area contributed by atoms with Crippen molar-refractivity contribution in [3.8, 4) is 0 Å². The average Bonchev–Trinajstić information content (AvgIpc) is 2.63. The second kappa shape index (κ2) is 6.12. The zero-order valence-electron chi connectivity index (χ0n) is 12.2. The molecule has 2 aromatic rings. The van der Waals surface area contributed by atoms with Crippen LogP contribution in [0.2, 0.25) is 5.02 Å². The van der Waals surface area contributed by atoms with Gasteiger partial charge in [0.1, 0.15) is 0 Å². The number of nitrogens with one attached hydrogen (secondary N) is 1. The molecular weight excluding hydrogens is 336 g/mol. The third-order valence-electron chi connectivity index (χ3n) is 3.41. The number of aliphatic imine (C=N–C) groups is 1. The first-order valence-electron chi connectivity index (χ1n) is 6.92.